The first-order chi connectivity index (χ1) is 12.1. The minimum absolute atomic E-state index is 0.0556. The molecule has 1 saturated heterocycles. The van der Waals surface area contributed by atoms with Crippen LogP contribution < -0.4 is 5.32 Å². The fourth-order valence-electron chi connectivity index (χ4n) is 2.81. The Hall–Kier alpha value is -2.84. The van der Waals surface area contributed by atoms with Gasteiger partial charge in [-0.3, -0.25) is 9.59 Å². The van der Waals surface area contributed by atoms with Gasteiger partial charge in [0.25, 0.3) is 0 Å². The monoisotopic (exact) mass is 353 g/mol. The second-order valence-corrected chi connectivity index (χ2v) is 6.35. The van der Waals surface area contributed by atoms with Gasteiger partial charge in [0.1, 0.15) is 0 Å². The fourth-order valence-corrected chi connectivity index (χ4v) is 3.00. The third-order valence-electron chi connectivity index (χ3n) is 4.19. The number of benzene rings is 2. The molecule has 0 radical (unpaired) electrons. The van der Waals surface area contributed by atoms with Gasteiger partial charge in [0.05, 0.1) is 17.6 Å². The molecule has 1 aliphatic rings. The van der Waals surface area contributed by atoms with Crippen molar-refractivity contribution >= 4 is 29.1 Å². The van der Waals surface area contributed by atoms with Gasteiger partial charge in [-0.15, -0.1) is 0 Å². The second kappa shape index (κ2) is 7.37. The van der Waals surface area contributed by atoms with Crippen LogP contribution in [-0.4, -0.2) is 23.3 Å². The van der Waals surface area contributed by atoms with Gasteiger partial charge in [0.15, 0.2) is 0 Å². The first kappa shape index (κ1) is 17.0. The summed E-state index contributed by atoms with van der Waals surface area (Å²) in [5.74, 6) is -0.648. The van der Waals surface area contributed by atoms with Crippen molar-refractivity contribution in [2.75, 3.05) is 11.9 Å². The molecule has 2 amide bonds. The van der Waals surface area contributed by atoms with E-state index in [-0.39, 0.29) is 18.2 Å². The molecule has 6 heteroatoms. The molecule has 0 spiro atoms. The van der Waals surface area contributed by atoms with Gasteiger partial charge in [-0.05, 0) is 35.9 Å². The zero-order valence-electron chi connectivity index (χ0n) is 13.4. The molecule has 1 aliphatic heterocycles. The molecule has 2 aromatic rings. The lowest BCUT2D eigenvalue weighted by molar-refractivity contribution is -0.128. The molecule has 0 aliphatic carbocycles. The highest BCUT2D eigenvalue weighted by atomic mass is 35.5. The maximum atomic E-state index is 12.4. The summed E-state index contributed by atoms with van der Waals surface area (Å²) in [6.45, 7) is 0.769. The van der Waals surface area contributed by atoms with Gasteiger partial charge in [-0.25, -0.2) is 0 Å². The summed E-state index contributed by atoms with van der Waals surface area (Å²) >= 11 is 6.14. The maximum absolute atomic E-state index is 12.4. The molecule has 5 nitrogen and oxygen atoms in total. The molecular formula is C19H16ClN3O2. The van der Waals surface area contributed by atoms with Crippen molar-refractivity contribution in [2.24, 2.45) is 5.92 Å². The molecule has 0 aromatic heterocycles. The summed E-state index contributed by atoms with van der Waals surface area (Å²) < 4.78 is 0. The van der Waals surface area contributed by atoms with Crippen LogP contribution in [0.2, 0.25) is 5.02 Å². The number of likely N-dealkylation sites (tertiary alicyclic amines) is 1. The zero-order chi connectivity index (χ0) is 17.8. The van der Waals surface area contributed by atoms with Gasteiger partial charge >= 0.3 is 0 Å². The molecular weight excluding hydrogens is 338 g/mol. The van der Waals surface area contributed by atoms with Crippen LogP contribution in [0.5, 0.6) is 0 Å². The lowest BCUT2D eigenvalue weighted by atomic mass is 10.1. The maximum Gasteiger partial charge on any atom is 0.229 e. The van der Waals surface area contributed by atoms with Crippen molar-refractivity contribution < 1.29 is 9.59 Å². The molecule has 1 N–H and O–H groups in total. The van der Waals surface area contributed by atoms with Crippen LogP contribution in [0.4, 0.5) is 5.69 Å². The molecule has 3 rings (SSSR count). The number of carbonyl (C=O) groups is 2. The second-order valence-electron chi connectivity index (χ2n) is 5.95. The van der Waals surface area contributed by atoms with E-state index in [1.807, 2.05) is 24.3 Å². The average Bonchev–Trinajstić information content (AvgIpc) is 2.98. The highest BCUT2D eigenvalue weighted by Crippen LogP contribution is 2.24. The number of carbonyl (C=O) groups excluding carboxylic acids is 2. The molecule has 126 valence electrons. The van der Waals surface area contributed by atoms with Crippen molar-refractivity contribution in [2.45, 2.75) is 13.0 Å². The van der Waals surface area contributed by atoms with Crippen LogP contribution in [0.25, 0.3) is 0 Å². The van der Waals surface area contributed by atoms with Crippen LogP contribution in [0.1, 0.15) is 17.5 Å². The minimum Gasteiger partial charge on any atom is -0.337 e. The van der Waals surface area contributed by atoms with Crippen LogP contribution in [-0.2, 0) is 16.1 Å². The standard InChI is InChI=1S/C19H16ClN3O2/c20-17-4-2-1-3-14(17)11-23-12-15(9-18(23)24)19(25)22-16-7-5-13(10-21)6-8-16/h1-8,15H,9,11-12H2,(H,22,25). The predicted octanol–water partition coefficient (Wildman–Crippen LogP) is 3.20. The van der Waals surface area contributed by atoms with E-state index in [1.54, 1.807) is 35.2 Å². The van der Waals surface area contributed by atoms with E-state index in [0.717, 1.165) is 5.56 Å². The quantitative estimate of drug-likeness (QED) is 0.917. The Morgan fingerprint density at radius 3 is 2.64 bits per heavy atom. The Labute approximate surface area is 150 Å². The number of nitrogens with zero attached hydrogens (tertiary/aromatic N) is 2. The highest BCUT2D eigenvalue weighted by Gasteiger charge is 2.34. The van der Waals surface area contributed by atoms with Gasteiger partial charge in [0, 0.05) is 30.2 Å². The van der Waals surface area contributed by atoms with Crippen molar-refractivity contribution in [3.8, 4) is 6.07 Å². The number of hydrogen-bond acceptors (Lipinski definition) is 3. The number of anilines is 1. The summed E-state index contributed by atoms with van der Waals surface area (Å²) in [6.07, 6.45) is 0.187. The lowest BCUT2D eigenvalue weighted by Crippen LogP contribution is -2.28. The highest BCUT2D eigenvalue weighted by molar-refractivity contribution is 6.31. The largest absolute Gasteiger partial charge is 0.337 e. The Balaban J connectivity index is 1.62. The van der Waals surface area contributed by atoms with E-state index in [2.05, 4.69) is 5.32 Å². The molecule has 1 heterocycles. The molecule has 1 atom stereocenters. The van der Waals surface area contributed by atoms with E-state index in [9.17, 15) is 9.59 Å². The summed E-state index contributed by atoms with van der Waals surface area (Å²) in [7, 11) is 0. The molecule has 0 saturated carbocycles. The van der Waals surface area contributed by atoms with Crippen LogP contribution in [0.3, 0.4) is 0 Å². The summed E-state index contributed by atoms with van der Waals surface area (Å²) in [6, 6.07) is 16.0. The van der Waals surface area contributed by atoms with Crippen LogP contribution in [0, 0.1) is 17.2 Å². The zero-order valence-corrected chi connectivity index (χ0v) is 14.2. The van der Waals surface area contributed by atoms with Crippen molar-refractivity contribution in [3.63, 3.8) is 0 Å². The third kappa shape index (κ3) is 3.98. The van der Waals surface area contributed by atoms with Crippen molar-refractivity contribution in [1.29, 1.82) is 5.26 Å². The van der Waals surface area contributed by atoms with Crippen molar-refractivity contribution in [1.82, 2.24) is 4.90 Å². The van der Waals surface area contributed by atoms with E-state index < -0.39 is 5.92 Å². The predicted molar refractivity (Wildman–Crippen MR) is 94.8 cm³/mol. The minimum atomic E-state index is -0.398. The van der Waals surface area contributed by atoms with Crippen LogP contribution in [0.15, 0.2) is 48.5 Å². The Morgan fingerprint density at radius 1 is 1.24 bits per heavy atom. The summed E-state index contributed by atoms with van der Waals surface area (Å²) in [5.41, 5.74) is 2.01. The van der Waals surface area contributed by atoms with Gasteiger partial charge in [-0.2, -0.15) is 5.26 Å². The van der Waals surface area contributed by atoms with Gasteiger partial charge < -0.3 is 10.2 Å². The van der Waals surface area contributed by atoms with E-state index >= 15 is 0 Å². The first-order valence-electron chi connectivity index (χ1n) is 7.89. The molecule has 0 bridgehead atoms. The summed E-state index contributed by atoms with van der Waals surface area (Å²) in [4.78, 5) is 26.3. The average molecular weight is 354 g/mol. The Morgan fingerprint density at radius 2 is 1.96 bits per heavy atom. The molecule has 1 unspecified atom stereocenters. The van der Waals surface area contributed by atoms with Crippen molar-refractivity contribution in [3.05, 3.63) is 64.7 Å². The third-order valence-corrected chi connectivity index (χ3v) is 4.55. The number of nitrogens with one attached hydrogen (secondary N) is 1. The molecule has 2 aromatic carbocycles. The normalized spacial score (nSPS) is 16.6. The lowest BCUT2D eigenvalue weighted by Gasteiger charge is -2.17. The number of amides is 2. The number of rotatable bonds is 4. The number of halogens is 1. The fraction of sp³-hybridized carbons (Fsp3) is 0.211. The first-order valence-corrected chi connectivity index (χ1v) is 8.27. The van der Waals surface area contributed by atoms with E-state index in [1.165, 1.54) is 0 Å². The summed E-state index contributed by atoms with van der Waals surface area (Å²) in [5, 5.41) is 12.2. The SMILES string of the molecule is N#Cc1ccc(NC(=O)C2CC(=O)N(Cc3ccccc3Cl)C2)cc1. The topological polar surface area (TPSA) is 73.2 Å². The Kier molecular flexibility index (Phi) is 5.01. The number of nitriles is 1. The van der Waals surface area contributed by atoms with Crippen LogP contribution >= 0.6 is 11.6 Å². The molecule has 1 fully saturated rings. The van der Waals surface area contributed by atoms with Gasteiger partial charge in [0.2, 0.25) is 11.8 Å². The van der Waals surface area contributed by atoms with Gasteiger partial charge in [-0.1, -0.05) is 29.8 Å². The Bertz CT molecular complexity index is 842. The van der Waals surface area contributed by atoms with E-state index in [0.29, 0.717) is 29.4 Å². The number of hydrogen-bond donors (Lipinski definition) is 1. The van der Waals surface area contributed by atoms with E-state index in [4.69, 9.17) is 16.9 Å². The smallest absolute Gasteiger partial charge is 0.229 e. The molecule has 25 heavy (non-hydrogen) atoms.